The molecule has 1 aliphatic rings. The minimum Gasteiger partial charge on any atom is -0.354 e. The molecule has 0 aromatic rings. The molecule has 1 amide bonds. The number of rotatable bonds is 3. The monoisotopic (exact) mass is 199 g/mol. The third kappa shape index (κ3) is 3.64. The maximum atomic E-state index is 11.6. The number of carbonyl (C=O) groups is 1. The third-order valence-electron chi connectivity index (χ3n) is 2.34. The lowest BCUT2D eigenvalue weighted by Gasteiger charge is -2.28. The second kappa shape index (κ2) is 5.32. The summed E-state index contributed by atoms with van der Waals surface area (Å²) in [5, 5.41) is 9.42. The van der Waals surface area contributed by atoms with Gasteiger partial charge in [-0.1, -0.05) is 13.8 Å². The Kier molecular flexibility index (Phi) is 4.35. The van der Waals surface area contributed by atoms with Gasteiger partial charge >= 0.3 is 0 Å². The SMILES string of the molecule is CC(C)CNC(=O)C1CNC(C)CN1. The number of amides is 1. The predicted molar refractivity (Wildman–Crippen MR) is 57.1 cm³/mol. The Morgan fingerprint density at radius 2 is 2.14 bits per heavy atom. The first kappa shape index (κ1) is 11.5. The molecule has 1 rings (SSSR count). The summed E-state index contributed by atoms with van der Waals surface area (Å²) in [5.41, 5.74) is 0. The third-order valence-corrected chi connectivity index (χ3v) is 2.34. The number of piperazine rings is 1. The fraction of sp³-hybridized carbons (Fsp3) is 0.900. The molecule has 0 aliphatic carbocycles. The molecule has 3 N–H and O–H groups in total. The molecule has 14 heavy (non-hydrogen) atoms. The summed E-state index contributed by atoms with van der Waals surface area (Å²) in [6.07, 6.45) is 0. The fourth-order valence-electron chi connectivity index (χ4n) is 1.40. The first-order valence-corrected chi connectivity index (χ1v) is 5.34. The van der Waals surface area contributed by atoms with Gasteiger partial charge in [0.15, 0.2) is 0 Å². The molecule has 1 saturated heterocycles. The van der Waals surface area contributed by atoms with Gasteiger partial charge in [-0.25, -0.2) is 0 Å². The van der Waals surface area contributed by atoms with Crippen LogP contribution < -0.4 is 16.0 Å². The van der Waals surface area contributed by atoms with Gasteiger partial charge in [0.05, 0.1) is 6.04 Å². The summed E-state index contributed by atoms with van der Waals surface area (Å²) < 4.78 is 0. The predicted octanol–water partition coefficient (Wildman–Crippen LogP) is -0.291. The molecule has 0 saturated carbocycles. The molecule has 2 atom stereocenters. The van der Waals surface area contributed by atoms with E-state index in [2.05, 4.69) is 36.7 Å². The van der Waals surface area contributed by atoms with Gasteiger partial charge < -0.3 is 16.0 Å². The van der Waals surface area contributed by atoms with Crippen LogP contribution in [0.15, 0.2) is 0 Å². The normalized spacial score (nSPS) is 27.7. The summed E-state index contributed by atoms with van der Waals surface area (Å²) in [5.74, 6) is 0.618. The number of nitrogens with one attached hydrogen (secondary N) is 3. The van der Waals surface area contributed by atoms with Crippen molar-refractivity contribution in [3.8, 4) is 0 Å². The van der Waals surface area contributed by atoms with Crippen molar-refractivity contribution < 1.29 is 4.79 Å². The zero-order valence-corrected chi connectivity index (χ0v) is 9.26. The lowest BCUT2D eigenvalue weighted by atomic mass is 10.1. The van der Waals surface area contributed by atoms with Crippen molar-refractivity contribution in [1.82, 2.24) is 16.0 Å². The lowest BCUT2D eigenvalue weighted by Crippen LogP contribution is -2.59. The Balaban J connectivity index is 2.24. The first-order chi connectivity index (χ1) is 6.59. The van der Waals surface area contributed by atoms with Crippen LogP contribution in [0.2, 0.25) is 0 Å². The van der Waals surface area contributed by atoms with Crippen LogP contribution in [0.1, 0.15) is 20.8 Å². The van der Waals surface area contributed by atoms with Crippen molar-refractivity contribution >= 4 is 5.91 Å². The molecule has 0 radical (unpaired) electrons. The zero-order valence-electron chi connectivity index (χ0n) is 9.26. The molecule has 2 unspecified atom stereocenters. The van der Waals surface area contributed by atoms with Crippen LogP contribution in [0.4, 0.5) is 0 Å². The largest absolute Gasteiger partial charge is 0.354 e. The highest BCUT2D eigenvalue weighted by atomic mass is 16.2. The van der Waals surface area contributed by atoms with Crippen LogP contribution in [0.25, 0.3) is 0 Å². The summed E-state index contributed by atoms with van der Waals surface area (Å²) in [4.78, 5) is 11.6. The van der Waals surface area contributed by atoms with Crippen molar-refractivity contribution in [2.75, 3.05) is 19.6 Å². The van der Waals surface area contributed by atoms with E-state index >= 15 is 0 Å². The zero-order chi connectivity index (χ0) is 10.6. The van der Waals surface area contributed by atoms with Gasteiger partial charge in [-0.3, -0.25) is 4.79 Å². The van der Waals surface area contributed by atoms with Gasteiger partial charge in [-0.2, -0.15) is 0 Å². The number of carbonyl (C=O) groups excluding carboxylic acids is 1. The summed E-state index contributed by atoms with van der Waals surface area (Å²) in [6, 6.07) is 0.397. The highest BCUT2D eigenvalue weighted by Crippen LogP contribution is 1.94. The molecular formula is C10H21N3O. The Morgan fingerprint density at radius 3 is 2.64 bits per heavy atom. The van der Waals surface area contributed by atoms with Gasteiger partial charge in [0.25, 0.3) is 0 Å². The Morgan fingerprint density at radius 1 is 1.43 bits per heavy atom. The average molecular weight is 199 g/mol. The lowest BCUT2D eigenvalue weighted by molar-refractivity contribution is -0.123. The van der Waals surface area contributed by atoms with Crippen LogP contribution in [-0.2, 0) is 4.79 Å². The van der Waals surface area contributed by atoms with Crippen molar-refractivity contribution in [3.05, 3.63) is 0 Å². The van der Waals surface area contributed by atoms with E-state index < -0.39 is 0 Å². The van der Waals surface area contributed by atoms with E-state index in [4.69, 9.17) is 0 Å². The quantitative estimate of drug-likeness (QED) is 0.585. The van der Waals surface area contributed by atoms with Crippen LogP contribution in [0, 0.1) is 5.92 Å². The molecule has 82 valence electrons. The Labute approximate surface area is 85.8 Å². The summed E-state index contributed by atoms with van der Waals surface area (Å²) in [7, 11) is 0. The average Bonchev–Trinajstić information content (AvgIpc) is 2.15. The first-order valence-electron chi connectivity index (χ1n) is 5.34. The number of hydrogen-bond donors (Lipinski definition) is 3. The second-order valence-corrected chi connectivity index (χ2v) is 4.41. The van der Waals surface area contributed by atoms with Crippen LogP contribution in [-0.4, -0.2) is 37.6 Å². The minimum atomic E-state index is -0.0649. The van der Waals surface area contributed by atoms with Crippen molar-refractivity contribution in [2.24, 2.45) is 5.92 Å². The van der Waals surface area contributed by atoms with E-state index in [1.165, 1.54) is 0 Å². The van der Waals surface area contributed by atoms with E-state index in [0.717, 1.165) is 19.6 Å². The van der Waals surface area contributed by atoms with Crippen LogP contribution >= 0.6 is 0 Å². The van der Waals surface area contributed by atoms with Gasteiger partial charge in [-0.15, -0.1) is 0 Å². The van der Waals surface area contributed by atoms with E-state index in [0.29, 0.717) is 12.0 Å². The van der Waals surface area contributed by atoms with Gasteiger partial charge in [-0.05, 0) is 12.8 Å². The van der Waals surface area contributed by atoms with E-state index in [1.807, 2.05) is 0 Å². The van der Waals surface area contributed by atoms with E-state index in [9.17, 15) is 4.79 Å². The highest BCUT2D eigenvalue weighted by Gasteiger charge is 2.22. The smallest absolute Gasteiger partial charge is 0.238 e. The van der Waals surface area contributed by atoms with Crippen molar-refractivity contribution in [3.63, 3.8) is 0 Å². The van der Waals surface area contributed by atoms with Crippen molar-refractivity contribution in [1.29, 1.82) is 0 Å². The summed E-state index contributed by atoms with van der Waals surface area (Å²) in [6.45, 7) is 8.64. The highest BCUT2D eigenvalue weighted by molar-refractivity contribution is 5.82. The fourth-order valence-corrected chi connectivity index (χ4v) is 1.40. The molecule has 4 heteroatoms. The molecule has 0 spiro atoms. The van der Waals surface area contributed by atoms with Gasteiger partial charge in [0, 0.05) is 25.7 Å². The molecule has 1 heterocycles. The molecular weight excluding hydrogens is 178 g/mol. The molecule has 1 fully saturated rings. The molecule has 1 aliphatic heterocycles. The van der Waals surface area contributed by atoms with Crippen molar-refractivity contribution in [2.45, 2.75) is 32.9 Å². The molecule has 4 nitrogen and oxygen atoms in total. The van der Waals surface area contributed by atoms with Gasteiger partial charge in [0.2, 0.25) is 5.91 Å². The maximum Gasteiger partial charge on any atom is 0.238 e. The second-order valence-electron chi connectivity index (χ2n) is 4.41. The standard InChI is InChI=1S/C10H21N3O/c1-7(2)4-13-10(14)9-6-11-8(3)5-12-9/h7-9,11-12H,4-6H2,1-3H3,(H,13,14). The Hall–Kier alpha value is -0.610. The van der Waals surface area contributed by atoms with Crippen LogP contribution in [0.5, 0.6) is 0 Å². The van der Waals surface area contributed by atoms with E-state index in [-0.39, 0.29) is 11.9 Å². The molecule has 0 bridgehead atoms. The molecule has 0 aromatic heterocycles. The minimum absolute atomic E-state index is 0.0649. The van der Waals surface area contributed by atoms with Crippen LogP contribution in [0.3, 0.4) is 0 Å². The number of hydrogen-bond acceptors (Lipinski definition) is 3. The topological polar surface area (TPSA) is 53.2 Å². The molecule has 0 aromatic carbocycles. The maximum absolute atomic E-state index is 11.6. The van der Waals surface area contributed by atoms with Gasteiger partial charge in [0.1, 0.15) is 0 Å². The van der Waals surface area contributed by atoms with E-state index in [1.54, 1.807) is 0 Å². The summed E-state index contributed by atoms with van der Waals surface area (Å²) >= 11 is 0. The Bertz CT molecular complexity index is 186.